The van der Waals surface area contributed by atoms with Crippen molar-refractivity contribution in [3.05, 3.63) is 60.2 Å². The van der Waals surface area contributed by atoms with Crippen molar-refractivity contribution < 1.29 is 9.59 Å². The van der Waals surface area contributed by atoms with Crippen LogP contribution in [-0.2, 0) is 11.3 Å². The summed E-state index contributed by atoms with van der Waals surface area (Å²) in [4.78, 5) is 29.5. The van der Waals surface area contributed by atoms with E-state index in [9.17, 15) is 9.59 Å². The maximum Gasteiger partial charge on any atom is 0.325 e. The van der Waals surface area contributed by atoms with Crippen molar-refractivity contribution in [2.45, 2.75) is 45.2 Å². The van der Waals surface area contributed by atoms with E-state index in [2.05, 4.69) is 59.3 Å². The van der Waals surface area contributed by atoms with E-state index >= 15 is 0 Å². The van der Waals surface area contributed by atoms with Gasteiger partial charge in [0.15, 0.2) is 0 Å². The van der Waals surface area contributed by atoms with Crippen LogP contribution in [0.1, 0.15) is 38.7 Å². The number of fused-ring (bicyclic) bond motifs is 1. The van der Waals surface area contributed by atoms with Gasteiger partial charge >= 0.3 is 6.03 Å². The Balaban J connectivity index is 1.45. The molecule has 5 nitrogen and oxygen atoms in total. The zero-order valence-electron chi connectivity index (χ0n) is 18.0. The Bertz CT molecular complexity index is 972. The smallest absolute Gasteiger partial charge is 0.323 e. The van der Waals surface area contributed by atoms with Crippen molar-refractivity contribution in [2.75, 3.05) is 19.6 Å². The van der Waals surface area contributed by atoms with Crippen LogP contribution in [0.15, 0.2) is 54.6 Å². The minimum Gasteiger partial charge on any atom is -0.323 e. The summed E-state index contributed by atoms with van der Waals surface area (Å²) in [5.74, 6) is 0.0864. The number of hydrogen-bond acceptors (Lipinski definition) is 3. The molecule has 0 aromatic heterocycles. The summed E-state index contributed by atoms with van der Waals surface area (Å²) in [6.07, 6.45) is 2.44. The number of carbonyl (C=O) groups excluding carboxylic acids is 2. The third-order valence-corrected chi connectivity index (χ3v) is 6.75. The normalized spacial score (nSPS) is 23.2. The molecule has 30 heavy (non-hydrogen) atoms. The highest BCUT2D eigenvalue weighted by Crippen LogP contribution is 2.36. The molecule has 0 spiro atoms. The molecule has 2 aromatic carbocycles. The summed E-state index contributed by atoms with van der Waals surface area (Å²) >= 11 is 0. The molecule has 2 fully saturated rings. The van der Waals surface area contributed by atoms with Crippen molar-refractivity contribution in [3.63, 3.8) is 0 Å². The molecule has 3 amide bonds. The Morgan fingerprint density at radius 1 is 1.13 bits per heavy atom. The third-order valence-electron chi connectivity index (χ3n) is 6.75. The Morgan fingerprint density at radius 3 is 2.53 bits per heavy atom. The Kier molecular flexibility index (Phi) is 5.65. The second-order valence-corrected chi connectivity index (χ2v) is 8.79. The van der Waals surface area contributed by atoms with E-state index in [1.165, 1.54) is 21.2 Å². The molecule has 158 valence electrons. The number of rotatable bonds is 6. The van der Waals surface area contributed by atoms with Crippen molar-refractivity contribution in [1.82, 2.24) is 15.1 Å². The number of hydrogen-bond donors (Lipinski definition) is 1. The van der Waals surface area contributed by atoms with Crippen LogP contribution in [0.5, 0.6) is 0 Å². The molecule has 4 rings (SSSR count). The van der Waals surface area contributed by atoms with Gasteiger partial charge in [0.1, 0.15) is 5.54 Å². The first-order valence-corrected chi connectivity index (χ1v) is 10.9. The van der Waals surface area contributed by atoms with E-state index in [1.54, 1.807) is 0 Å². The molecule has 0 bridgehead atoms. The zero-order valence-corrected chi connectivity index (χ0v) is 18.0. The SMILES string of the molecule is C=C(C)CN1C(=O)NC(CC)(C2CCN(Cc3cccc4ccccc34)CC2)C1=O. The van der Waals surface area contributed by atoms with Gasteiger partial charge in [-0.15, -0.1) is 0 Å². The van der Waals surface area contributed by atoms with E-state index in [-0.39, 0.29) is 17.9 Å². The third kappa shape index (κ3) is 3.63. The van der Waals surface area contributed by atoms with E-state index in [0.717, 1.165) is 38.0 Å². The first kappa shape index (κ1) is 20.6. The number of likely N-dealkylation sites (tertiary alicyclic amines) is 1. The maximum atomic E-state index is 13.2. The van der Waals surface area contributed by atoms with Crippen molar-refractivity contribution in [1.29, 1.82) is 0 Å². The monoisotopic (exact) mass is 405 g/mol. The predicted octanol–water partition coefficient (Wildman–Crippen LogP) is 4.33. The lowest BCUT2D eigenvalue weighted by atomic mass is 9.75. The van der Waals surface area contributed by atoms with E-state index < -0.39 is 5.54 Å². The topological polar surface area (TPSA) is 52.7 Å². The summed E-state index contributed by atoms with van der Waals surface area (Å²) in [5, 5.41) is 5.63. The van der Waals surface area contributed by atoms with Crippen LogP contribution >= 0.6 is 0 Å². The number of amides is 3. The largest absolute Gasteiger partial charge is 0.325 e. The van der Waals surface area contributed by atoms with Crippen molar-refractivity contribution in [3.8, 4) is 0 Å². The van der Waals surface area contributed by atoms with Crippen molar-refractivity contribution >= 4 is 22.7 Å². The van der Waals surface area contributed by atoms with E-state index in [0.29, 0.717) is 13.0 Å². The summed E-state index contributed by atoms with van der Waals surface area (Å²) in [5.41, 5.74) is 1.39. The second kappa shape index (κ2) is 8.23. The highest BCUT2D eigenvalue weighted by atomic mass is 16.2. The minimum atomic E-state index is -0.766. The van der Waals surface area contributed by atoms with Crippen molar-refractivity contribution in [2.24, 2.45) is 5.92 Å². The second-order valence-electron chi connectivity index (χ2n) is 8.79. The first-order valence-electron chi connectivity index (χ1n) is 10.9. The number of benzene rings is 2. The van der Waals surface area contributed by atoms with Gasteiger partial charge in [-0.05, 0) is 61.5 Å². The van der Waals surface area contributed by atoms with Gasteiger partial charge in [-0.25, -0.2) is 4.79 Å². The molecule has 2 aliphatic heterocycles. The maximum absolute atomic E-state index is 13.2. The number of nitrogens with zero attached hydrogens (tertiary/aromatic N) is 2. The Hall–Kier alpha value is -2.66. The summed E-state index contributed by atoms with van der Waals surface area (Å²) < 4.78 is 0. The molecular weight excluding hydrogens is 374 g/mol. The zero-order chi connectivity index (χ0) is 21.3. The molecule has 2 aliphatic rings. The average molecular weight is 406 g/mol. The van der Waals surface area contributed by atoms with Gasteiger partial charge in [-0.3, -0.25) is 14.6 Å². The molecule has 1 atom stereocenters. The molecule has 0 saturated carbocycles. The van der Waals surface area contributed by atoms with Crippen LogP contribution in [0.25, 0.3) is 10.8 Å². The predicted molar refractivity (Wildman–Crippen MR) is 120 cm³/mol. The molecule has 1 N–H and O–H groups in total. The van der Waals surface area contributed by atoms with Gasteiger partial charge in [-0.2, -0.15) is 0 Å². The van der Waals surface area contributed by atoms with Crippen LogP contribution in [0, 0.1) is 5.92 Å². The molecule has 0 aliphatic carbocycles. The van der Waals surface area contributed by atoms with Gasteiger partial charge in [0, 0.05) is 6.54 Å². The fourth-order valence-electron chi connectivity index (χ4n) is 5.12. The quantitative estimate of drug-likeness (QED) is 0.575. The van der Waals surface area contributed by atoms with Crippen LogP contribution in [0.2, 0.25) is 0 Å². The summed E-state index contributed by atoms with van der Waals surface area (Å²) in [7, 11) is 0. The lowest BCUT2D eigenvalue weighted by Gasteiger charge is -2.40. The van der Waals surface area contributed by atoms with Gasteiger partial charge in [0.05, 0.1) is 6.54 Å². The number of imide groups is 1. The van der Waals surface area contributed by atoms with Crippen LogP contribution < -0.4 is 5.32 Å². The Morgan fingerprint density at radius 2 is 1.83 bits per heavy atom. The van der Waals surface area contributed by atoms with E-state index in [1.807, 2.05) is 13.8 Å². The lowest BCUT2D eigenvalue weighted by Crippen LogP contribution is -2.55. The number of nitrogens with one attached hydrogen (secondary N) is 1. The van der Waals surface area contributed by atoms with Gasteiger partial charge in [-0.1, -0.05) is 61.5 Å². The number of carbonyl (C=O) groups is 2. The van der Waals surface area contributed by atoms with Crippen LogP contribution in [0.4, 0.5) is 4.79 Å². The Labute approximate surface area is 178 Å². The highest BCUT2D eigenvalue weighted by Gasteiger charge is 2.54. The molecule has 5 heteroatoms. The molecule has 1 unspecified atom stereocenters. The number of urea groups is 1. The van der Waals surface area contributed by atoms with Crippen LogP contribution in [-0.4, -0.2) is 46.9 Å². The molecular formula is C25H31N3O2. The minimum absolute atomic E-state index is 0.0782. The highest BCUT2D eigenvalue weighted by molar-refractivity contribution is 6.07. The summed E-state index contributed by atoms with van der Waals surface area (Å²) in [6, 6.07) is 14.7. The van der Waals surface area contributed by atoms with Crippen LogP contribution in [0.3, 0.4) is 0 Å². The number of piperidine rings is 1. The lowest BCUT2D eigenvalue weighted by molar-refractivity contribution is -0.134. The van der Waals surface area contributed by atoms with Gasteiger partial charge in [0.2, 0.25) is 0 Å². The molecule has 2 aromatic rings. The van der Waals surface area contributed by atoms with Gasteiger partial charge in [0.25, 0.3) is 5.91 Å². The molecule has 0 radical (unpaired) electrons. The average Bonchev–Trinajstić information content (AvgIpc) is 2.99. The van der Waals surface area contributed by atoms with Gasteiger partial charge < -0.3 is 5.32 Å². The summed E-state index contributed by atoms with van der Waals surface area (Å²) in [6.45, 7) is 10.8. The fraction of sp³-hybridized carbons (Fsp3) is 0.440. The molecule has 2 heterocycles. The first-order chi connectivity index (χ1) is 14.4. The van der Waals surface area contributed by atoms with E-state index in [4.69, 9.17) is 0 Å². The standard InChI is InChI=1S/C25H31N3O2/c1-4-25(23(29)28(16-18(2)3)24(30)26-25)21-12-14-27(15-13-21)17-20-10-7-9-19-8-5-6-11-22(19)20/h5-11,21H,2,4,12-17H2,1,3H3,(H,26,30). The fourth-order valence-corrected chi connectivity index (χ4v) is 5.12. The molecule has 2 saturated heterocycles.